The Morgan fingerprint density at radius 3 is 2.95 bits per heavy atom. The quantitative estimate of drug-likeness (QED) is 0.648. The van der Waals surface area contributed by atoms with Crippen LogP contribution in [0.25, 0.3) is 0 Å². The fraction of sp³-hybridized carbons (Fsp3) is 0.143. The third-order valence-electron chi connectivity index (χ3n) is 2.87. The van der Waals surface area contributed by atoms with Gasteiger partial charge in [0.15, 0.2) is 11.6 Å². The summed E-state index contributed by atoms with van der Waals surface area (Å²) >= 11 is 3.43. The van der Waals surface area contributed by atoms with Gasteiger partial charge in [0.25, 0.3) is 0 Å². The molecule has 0 radical (unpaired) electrons. The molecular weight excluding hydrogens is 346 g/mol. The zero-order valence-corrected chi connectivity index (χ0v) is 13.4. The fourth-order valence-corrected chi connectivity index (χ4v) is 2.12. The van der Waals surface area contributed by atoms with Gasteiger partial charge in [0.05, 0.1) is 4.47 Å². The molecule has 0 bridgehead atoms. The third kappa shape index (κ3) is 3.59. The molecule has 0 fully saturated rings. The van der Waals surface area contributed by atoms with Crippen LogP contribution in [0.2, 0.25) is 0 Å². The van der Waals surface area contributed by atoms with Gasteiger partial charge in [-0.15, -0.1) is 0 Å². The van der Waals surface area contributed by atoms with E-state index in [0.29, 0.717) is 24.1 Å². The zero-order valence-electron chi connectivity index (χ0n) is 11.8. The van der Waals surface area contributed by atoms with Gasteiger partial charge in [0.2, 0.25) is 5.95 Å². The standard InChI is InChI=1S/C14H14BrN7/c1-9-5-12(22-21-9)19-13-11(15)8-18-14(20-13)17-7-10-3-2-4-16-6-10/h2-6,8H,7H2,1H3,(H3,17,18,19,20,21,22). The molecule has 7 nitrogen and oxygen atoms in total. The molecule has 8 heteroatoms. The minimum atomic E-state index is 0.529. The first-order valence-electron chi connectivity index (χ1n) is 6.65. The SMILES string of the molecule is Cc1cc(Nc2nc(NCc3cccnc3)ncc2Br)n[nH]1. The Morgan fingerprint density at radius 2 is 2.23 bits per heavy atom. The molecule has 3 aromatic heterocycles. The smallest absolute Gasteiger partial charge is 0.224 e. The van der Waals surface area contributed by atoms with Gasteiger partial charge >= 0.3 is 0 Å². The lowest BCUT2D eigenvalue weighted by Crippen LogP contribution is -2.06. The Morgan fingerprint density at radius 1 is 1.32 bits per heavy atom. The third-order valence-corrected chi connectivity index (χ3v) is 3.45. The molecule has 0 aliphatic rings. The Labute approximate surface area is 135 Å². The topological polar surface area (TPSA) is 91.4 Å². The molecule has 112 valence electrons. The van der Waals surface area contributed by atoms with Crippen molar-refractivity contribution < 1.29 is 0 Å². The van der Waals surface area contributed by atoms with Gasteiger partial charge in [-0.3, -0.25) is 10.1 Å². The lowest BCUT2D eigenvalue weighted by Gasteiger charge is -2.08. The predicted molar refractivity (Wildman–Crippen MR) is 87.9 cm³/mol. The van der Waals surface area contributed by atoms with E-state index in [4.69, 9.17) is 0 Å². The van der Waals surface area contributed by atoms with Crippen molar-refractivity contribution in [3.8, 4) is 0 Å². The maximum absolute atomic E-state index is 4.44. The highest BCUT2D eigenvalue weighted by atomic mass is 79.9. The lowest BCUT2D eigenvalue weighted by atomic mass is 10.3. The van der Waals surface area contributed by atoms with E-state index in [9.17, 15) is 0 Å². The number of aryl methyl sites for hydroxylation is 1. The molecule has 0 spiro atoms. The van der Waals surface area contributed by atoms with E-state index >= 15 is 0 Å². The number of aromatic amines is 1. The first-order chi connectivity index (χ1) is 10.7. The average Bonchev–Trinajstić information content (AvgIpc) is 2.94. The number of anilines is 3. The number of hydrogen-bond donors (Lipinski definition) is 3. The van der Waals surface area contributed by atoms with Gasteiger partial charge in [-0.25, -0.2) is 4.98 Å². The molecule has 0 atom stereocenters. The maximum Gasteiger partial charge on any atom is 0.224 e. The van der Waals surface area contributed by atoms with Crippen molar-refractivity contribution >= 4 is 33.5 Å². The Bertz CT molecular complexity index is 757. The molecule has 0 aliphatic heterocycles. The minimum absolute atomic E-state index is 0.529. The molecule has 0 unspecified atom stereocenters. The monoisotopic (exact) mass is 359 g/mol. The van der Waals surface area contributed by atoms with Gasteiger partial charge < -0.3 is 10.6 Å². The molecule has 3 N–H and O–H groups in total. The Balaban J connectivity index is 1.72. The van der Waals surface area contributed by atoms with Crippen LogP contribution in [0.15, 0.2) is 41.3 Å². The second-order valence-electron chi connectivity index (χ2n) is 4.67. The lowest BCUT2D eigenvalue weighted by molar-refractivity contribution is 1.03. The number of H-pyrrole nitrogens is 1. The van der Waals surface area contributed by atoms with Crippen LogP contribution in [0.1, 0.15) is 11.3 Å². The number of nitrogens with zero attached hydrogens (tertiary/aromatic N) is 4. The molecule has 22 heavy (non-hydrogen) atoms. The summed E-state index contributed by atoms with van der Waals surface area (Å²) in [5.74, 6) is 1.88. The van der Waals surface area contributed by atoms with E-state index in [0.717, 1.165) is 15.7 Å². The van der Waals surface area contributed by atoms with E-state index in [1.807, 2.05) is 25.1 Å². The van der Waals surface area contributed by atoms with Crippen molar-refractivity contribution in [2.75, 3.05) is 10.6 Å². The summed E-state index contributed by atoms with van der Waals surface area (Å²) in [6, 6.07) is 5.79. The zero-order chi connectivity index (χ0) is 15.4. The Kier molecular flexibility index (Phi) is 4.29. The highest BCUT2D eigenvalue weighted by molar-refractivity contribution is 9.10. The van der Waals surface area contributed by atoms with Gasteiger partial charge in [0.1, 0.15) is 0 Å². The molecular formula is C14H14BrN7. The van der Waals surface area contributed by atoms with Crippen molar-refractivity contribution in [3.63, 3.8) is 0 Å². The number of nitrogens with one attached hydrogen (secondary N) is 3. The van der Waals surface area contributed by atoms with Gasteiger partial charge in [0, 0.05) is 36.9 Å². The second kappa shape index (κ2) is 6.52. The van der Waals surface area contributed by atoms with Crippen LogP contribution in [0.4, 0.5) is 17.6 Å². The van der Waals surface area contributed by atoms with Crippen LogP contribution in [0, 0.1) is 6.92 Å². The molecule has 0 saturated heterocycles. The van der Waals surface area contributed by atoms with Crippen LogP contribution in [0.5, 0.6) is 0 Å². The summed E-state index contributed by atoms with van der Waals surface area (Å²) in [5, 5.41) is 13.3. The highest BCUT2D eigenvalue weighted by Crippen LogP contribution is 2.23. The van der Waals surface area contributed by atoms with Crippen LogP contribution in [0.3, 0.4) is 0 Å². The summed E-state index contributed by atoms with van der Waals surface area (Å²) in [6.07, 6.45) is 5.24. The summed E-state index contributed by atoms with van der Waals surface area (Å²) in [7, 11) is 0. The summed E-state index contributed by atoms with van der Waals surface area (Å²) < 4.78 is 0.764. The molecule has 0 aliphatic carbocycles. The van der Waals surface area contributed by atoms with Crippen LogP contribution in [-0.2, 0) is 6.54 Å². The summed E-state index contributed by atoms with van der Waals surface area (Å²) in [4.78, 5) is 12.8. The van der Waals surface area contributed by atoms with Gasteiger partial charge in [-0.1, -0.05) is 6.07 Å². The Hall–Kier alpha value is -2.48. The molecule has 0 saturated carbocycles. The average molecular weight is 360 g/mol. The molecule has 0 aromatic carbocycles. The van der Waals surface area contributed by atoms with Crippen LogP contribution in [-0.4, -0.2) is 25.1 Å². The number of rotatable bonds is 5. The molecule has 3 heterocycles. The van der Waals surface area contributed by atoms with E-state index in [-0.39, 0.29) is 0 Å². The van der Waals surface area contributed by atoms with Crippen molar-refractivity contribution in [3.05, 3.63) is 52.5 Å². The number of aromatic nitrogens is 5. The largest absolute Gasteiger partial charge is 0.350 e. The highest BCUT2D eigenvalue weighted by Gasteiger charge is 2.07. The predicted octanol–water partition coefficient (Wildman–Crippen LogP) is 3.02. The van der Waals surface area contributed by atoms with E-state index in [2.05, 4.69) is 51.7 Å². The van der Waals surface area contributed by atoms with E-state index in [1.54, 1.807) is 18.6 Å². The minimum Gasteiger partial charge on any atom is -0.350 e. The van der Waals surface area contributed by atoms with Gasteiger partial charge in [-0.05, 0) is 34.5 Å². The number of pyridine rings is 1. The molecule has 0 amide bonds. The fourth-order valence-electron chi connectivity index (χ4n) is 1.83. The second-order valence-corrected chi connectivity index (χ2v) is 5.52. The van der Waals surface area contributed by atoms with Gasteiger partial charge in [-0.2, -0.15) is 10.1 Å². The van der Waals surface area contributed by atoms with Crippen molar-refractivity contribution in [1.29, 1.82) is 0 Å². The molecule has 3 aromatic rings. The van der Waals surface area contributed by atoms with Crippen molar-refractivity contribution in [2.24, 2.45) is 0 Å². The van der Waals surface area contributed by atoms with E-state index < -0.39 is 0 Å². The summed E-state index contributed by atoms with van der Waals surface area (Å²) in [6.45, 7) is 2.55. The summed E-state index contributed by atoms with van der Waals surface area (Å²) in [5.41, 5.74) is 2.04. The van der Waals surface area contributed by atoms with Crippen molar-refractivity contribution in [1.82, 2.24) is 25.1 Å². The van der Waals surface area contributed by atoms with Crippen molar-refractivity contribution in [2.45, 2.75) is 13.5 Å². The first kappa shape index (κ1) is 14.5. The number of halogens is 1. The van der Waals surface area contributed by atoms with Crippen LogP contribution < -0.4 is 10.6 Å². The maximum atomic E-state index is 4.44. The van der Waals surface area contributed by atoms with E-state index in [1.165, 1.54) is 0 Å². The first-order valence-corrected chi connectivity index (χ1v) is 7.44. The normalized spacial score (nSPS) is 10.5. The van der Waals surface area contributed by atoms with Crippen LogP contribution >= 0.6 is 15.9 Å². The number of hydrogen-bond acceptors (Lipinski definition) is 6. The molecule has 3 rings (SSSR count).